The van der Waals surface area contributed by atoms with E-state index in [9.17, 15) is 0 Å². The maximum absolute atomic E-state index is 2.22. The molecule has 0 saturated carbocycles. The molecule has 0 aliphatic carbocycles. The van der Waals surface area contributed by atoms with E-state index in [1.54, 1.807) is 0 Å². The summed E-state index contributed by atoms with van der Waals surface area (Å²) in [6.07, 6.45) is 2.56. The molecule has 0 aliphatic heterocycles. The Labute approximate surface area is 94.5 Å². The van der Waals surface area contributed by atoms with Crippen LogP contribution in [-0.2, 0) is 0 Å². The molecule has 0 rings (SSSR count). The molecule has 0 bridgehead atoms. The van der Waals surface area contributed by atoms with Crippen molar-refractivity contribution in [3.8, 4) is 0 Å². The van der Waals surface area contributed by atoms with E-state index in [2.05, 4.69) is 55.4 Å². The number of hydrogen-bond donors (Lipinski definition) is 0. The van der Waals surface area contributed by atoms with Gasteiger partial charge in [-0.2, -0.15) is 0 Å². The summed E-state index contributed by atoms with van der Waals surface area (Å²) in [5.74, 6) is 1.72. The summed E-state index contributed by atoms with van der Waals surface area (Å²) in [5, 5.41) is 0. The van der Waals surface area contributed by atoms with E-state index in [-0.39, 0.29) is 0 Å². The van der Waals surface area contributed by atoms with Crippen LogP contribution in [0.1, 0.15) is 82.1 Å². The second kappa shape index (κ2) is 29.2. The molecule has 0 heterocycles. The fraction of sp³-hybridized carbons (Fsp3) is 1.00. The normalized spacial score (nSPS) is 7.71. The number of hydrogen-bond acceptors (Lipinski definition) is 0. The average Bonchev–Trinajstić information content (AvgIpc) is 2.08. The predicted octanol–water partition coefficient (Wildman–Crippen LogP) is 6.16. The van der Waals surface area contributed by atoms with Crippen molar-refractivity contribution in [1.29, 1.82) is 0 Å². The number of rotatable bonds is 1. The Morgan fingerprint density at radius 1 is 0.714 bits per heavy atom. The highest BCUT2D eigenvalue weighted by atomic mass is 13.9. The van der Waals surface area contributed by atoms with Crippen molar-refractivity contribution in [3.63, 3.8) is 0 Å². The Morgan fingerprint density at radius 3 is 0.786 bits per heavy atom. The van der Waals surface area contributed by atoms with Crippen LogP contribution in [0.25, 0.3) is 0 Å². The van der Waals surface area contributed by atoms with Crippen molar-refractivity contribution in [2.75, 3.05) is 0 Å². The summed E-state index contributed by atoms with van der Waals surface area (Å²) >= 11 is 0. The van der Waals surface area contributed by atoms with Crippen molar-refractivity contribution in [2.24, 2.45) is 11.8 Å². The van der Waals surface area contributed by atoms with Gasteiger partial charge in [-0.25, -0.2) is 0 Å². The topological polar surface area (TPSA) is 0 Å². The van der Waals surface area contributed by atoms with Crippen molar-refractivity contribution in [2.45, 2.75) is 82.1 Å². The Morgan fingerprint density at radius 2 is 0.786 bits per heavy atom. The van der Waals surface area contributed by atoms with Crippen molar-refractivity contribution >= 4 is 0 Å². The monoisotopic (exact) mass is 204 g/mol. The lowest BCUT2D eigenvalue weighted by molar-refractivity contribution is 0.626. The van der Waals surface area contributed by atoms with E-state index in [0.717, 1.165) is 11.8 Å². The van der Waals surface area contributed by atoms with E-state index in [0.29, 0.717) is 0 Å². The fourth-order valence-corrected chi connectivity index (χ4v) is 0. The van der Waals surface area contributed by atoms with Gasteiger partial charge < -0.3 is 0 Å². The lowest BCUT2D eigenvalue weighted by Crippen LogP contribution is -1.77. The maximum Gasteiger partial charge on any atom is -0.0474 e. The molecule has 0 fully saturated rings. The minimum absolute atomic E-state index is 0.833. The summed E-state index contributed by atoms with van der Waals surface area (Å²) in [5.41, 5.74) is 0. The van der Waals surface area contributed by atoms with Gasteiger partial charge in [0.15, 0.2) is 0 Å². The van der Waals surface area contributed by atoms with Crippen LogP contribution in [0.5, 0.6) is 0 Å². The summed E-state index contributed by atoms with van der Waals surface area (Å²) in [6, 6.07) is 0. The van der Waals surface area contributed by atoms with E-state index in [4.69, 9.17) is 0 Å². The lowest BCUT2D eigenvalue weighted by atomic mass is 10.2. The molecule has 0 aliphatic rings. The highest BCUT2D eigenvalue weighted by molar-refractivity contribution is 4.32. The third-order valence-corrected chi connectivity index (χ3v) is 0.816. The largest absolute Gasteiger partial charge is 0.0683 e. The first kappa shape index (κ1) is 23.7. The summed E-state index contributed by atoms with van der Waals surface area (Å²) in [7, 11) is 0. The molecule has 0 aromatic carbocycles. The smallest absolute Gasteiger partial charge is 0.0474 e. The Balaban J connectivity index is -0.0000000505. The predicted molar refractivity (Wildman–Crippen MR) is 73.0 cm³/mol. The Hall–Kier alpha value is 0. The minimum Gasteiger partial charge on any atom is -0.0683 e. The highest BCUT2D eigenvalue weighted by Gasteiger charge is 1.80. The molecule has 0 aromatic heterocycles. The SMILES string of the molecule is CC.CC(C)C.CCC.CCC(C)C. The van der Waals surface area contributed by atoms with Crippen LogP contribution >= 0.6 is 0 Å². The summed E-state index contributed by atoms with van der Waals surface area (Å²) in [4.78, 5) is 0. The standard InChI is InChI=1S/C5H12.C4H10.C3H8.C2H6/c1-4-5(2)3;1-4(2)3;1-3-2;1-2/h5H,4H2,1-3H3;4H,1-3H3;3H2,1-2H3;1-2H3. The second-order valence-electron chi connectivity index (χ2n) is 4.24. The fourth-order valence-electron chi connectivity index (χ4n) is 0. The molecular weight excluding hydrogens is 168 g/mol. The van der Waals surface area contributed by atoms with Crippen molar-refractivity contribution in [1.82, 2.24) is 0 Å². The second-order valence-corrected chi connectivity index (χ2v) is 4.24. The van der Waals surface area contributed by atoms with Crippen molar-refractivity contribution in [3.05, 3.63) is 0 Å². The van der Waals surface area contributed by atoms with Crippen LogP contribution in [0.4, 0.5) is 0 Å². The van der Waals surface area contributed by atoms with Gasteiger partial charge in [0.05, 0.1) is 0 Å². The molecule has 0 N–H and O–H groups in total. The first-order valence-corrected chi connectivity index (χ1v) is 6.42. The molecule has 0 saturated heterocycles. The van der Waals surface area contributed by atoms with E-state index < -0.39 is 0 Å². The summed E-state index contributed by atoms with van der Waals surface area (Å²) in [6.45, 7) is 21.4. The Bertz CT molecular complexity index is 41.2. The molecular formula is C14H36. The van der Waals surface area contributed by atoms with Crippen LogP contribution in [0, 0.1) is 11.8 Å². The van der Waals surface area contributed by atoms with Gasteiger partial charge in [-0.15, -0.1) is 0 Å². The molecule has 0 heteroatoms. The average molecular weight is 204 g/mol. The highest BCUT2D eigenvalue weighted by Crippen LogP contribution is 1.93. The van der Waals surface area contributed by atoms with Gasteiger partial charge in [0.1, 0.15) is 0 Å². The first-order chi connectivity index (χ1) is 6.42. The zero-order valence-corrected chi connectivity index (χ0v) is 12.6. The third-order valence-electron chi connectivity index (χ3n) is 0.816. The molecule has 0 unspecified atom stereocenters. The van der Waals surface area contributed by atoms with Gasteiger partial charge in [-0.3, -0.25) is 0 Å². The van der Waals surface area contributed by atoms with Gasteiger partial charge in [0.2, 0.25) is 0 Å². The molecule has 0 radical (unpaired) electrons. The van der Waals surface area contributed by atoms with Gasteiger partial charge in [0.25, 0.3) is 0 Å². The van der Waals surface area contributed by atoms with Gasteiger partial charge >= 0.3 is 0 Å². The van der Waals surface area contributed by atoms with Crippen LogP contribution in [0.15, 0.2) is 0 Å². The van der Waals surface area contributed by atoms with Gasteiger partial charge in [-0.1, -0.05) is 82.1 Å². The zero-order chi connectivity index (χ0) is 12.6. The van der Waals surface area contributed by atoms with E-state index >= 15 is 0 Å². The lowest BCUT2D eigenvalue weighted by Gasteiger charge is -1.90. The van der Waals surface area contributed by atoms with E-state index in [1.165, 1.54) is 12.8 Å². The maximum atomic E-state index is 2.22. The van der Waals surface area contributed by atoms with Crippen LogP contribution in [0.2, 0.25) is 0 Å². The molecule has 0 spiro atoms. The molecule has 92 valence electrons. The van der Waals surface area contributed by atoms with Crippen LogP contribution in [-0.4, -0.2) is 0 Å². The zero-order valence-electron chi connectivity index (χ0n) is 12.6. The van der Waals surface area contributed by atoms with Crippen LogP contribution < -0.4 is 0 Å². The quantitative estimate of drug-likeness (QED) is 0.480. The Kier molecular flexibility index (Phi) is 49.4. The first-order valence-electron chi connectivity index (χ1n) is 6.42. The van der Waals surface area contributed by atoms with Gasteiger partial charge in [-0.05, 0) is 11.8 Å². The molecule has 0 aromatic rings. The molecule has 0 atom stereocenters. The third kappa shape index (κ3) is 363. The summed E-state index contributed by atoms with van der Waals surface area (Å²) < 4.78 is 0. The van der Waals surface area contributed by atoms with Crippen LogP contribution in [0.3, 0.4) is 0 Å². The van der Waals surface area contributed by atoms with E-state index in [1.807, 2.05) is 13.8 Å². The van der Waals surface area contributed by atoms with Gasteiger partial charge in [0, 0.05) is 0 Å². The molecule has 0 amide bonds. The molecule has 14 heavy (non-hydrogen) atoms. The van der Waals surface area contributed by atoms with Crippen molar-refractivity contribution < 1.29 is 0 Å². The molecule has 0 nitrogen and oxygen atoms in total. The minimum atomic E-state index is 0.833.